The van der Waals surface area contributed by atoms with Gasteiger partial charge >= 0.3 is 0 Å². The molecule has 0 spiro atoms. The number of aliphatic hydroxyl groups excluding tert-OH is 5. The first-order valence-corrected chi connectivity index (χ1v) is 19.6. The highest BCUT2D eigenvalue weighted by atomic mass is 32.1. The van der Waals surface area contributed by atoms with E-state index < -0.39 is 0 Å². The van der Waals surface area contributed by atoms with Crippen LogP contribution in [0, 0.1) is 74.9 Å². The SMILES string of the molecule is Cc1ccc(C#N)cc1S.N#CCc1ccc(CO)cc1.N#CCc1cccc(CO)c1.N#CCc1ccccc1CO.N#Cc1cccc(CO)c1.N#Cc1ccccc1CO. The van der Waals surface area contributed by atoms with Gasteiger partial charge in [-0.15, -0.1) is 12.6 Å². The Kier molecular flexibility index (Phi) is 28.1. The van der Waals surface area contributed by atoms with Crippen LogP contribution in [0.1, 0.15) is 66.8 Å². The van der Waals surface area contributed by atoms with Crippen LogP contribution in [0.3, 0.4) is 0 Å². The Morgan fingerprint density at radius 1 is 0.397 bits per heavy atom. The van der Waals surface area contributed by atoms with E-state index in [0.29, 0.717) is 41.5 Å². The van der Waals surface area contributed by atoms with Crippen molar-refractivity contribution < 1.29 is 25.5 Å². The molecule has 5 N–H and O–H groups in total. The number of nitrogens with zero attached hydrogens (tertiary/aromatic N) is 6. The largest absolute Gasteiger partial charge is 0.392 e. The van der Waals surface area contributed by atoms with Crippen LogP contribution in [0.5, 0.6) is 0 Å². The third-order valence-electron chi connectivity index (χ3n) is 8.39. The van der Waals surface area contributed by atoms with E-state index in [1.807, 2.05) is 110 Å². The predicted octanol–water partition coefficient (Wildman–Crippen LogP) is 7.99. The summed E-state index contributed by atoms with van der Waals surface area (Å²) in [5.74, 6) is 0. The van der Waals surface area contributed by atoms with Crippen molar-refractivity contribution in [1.82, 2.24) is 0 Å². The van der Waals surface area contributed by atoms with Gasteiger partial charge in [0.15, 0.2) is 0 Å². The molecule has 6 aromatic rings. The molecule has 11 nitrogen and oxygen atoms in total. The number of rotatable bonds is 8. The minimum absolute atomic E-state index is 0.00444. The molecule has 0 heterocycles. The van der Waals surface area contributed by atoms with Crippen LogP contribution in [-0.2, 0) is 52.3 Å². The highest BCUT2D eigenvalue weighted by Crippen LogP contribution is 2.14. The number of aryl methyl sites for hydroxylation is 1. The maximum Gasteiger partial charge on any atom is 0.0995 e. The minimum Gasteiger partial charge on any atom is -0.392 e. The van der Waals surface area contributed by atoms with Crippen molar-refractivity contribution in [2.75, 3.05) is 0 Å². The Balaban J connectivity index is 0.000000378. The quantitative estimate of drug-likeness (QED) is 0.0801. The van der Waals surface area contributed by atoms with E-state index in [1.54, 1.807) is 60.7 Å². The average molecular weight is 857 g/mol. The fraction of sp³-hybridized carbons (Fsp3) is 0.176. The van der Waals surface area contributed by atoms with Gasteiger partial charge in [0.05, 0.1) is 105 Å². The monoisotopic (exact) mass is 856 g/mol. The zero-order chi connectivity index (χ0) is 46.7. The molecular formula is C51H48N6O5S. The molecule has 0 saturated heterocycles. The second-order valence-corrected chi connectivity index (χ2v) is 13.4. The summed E-state index contributed by atoms with van der Waals surface area (Å²) in [6.07, 6.45) is 1.22. The normalized spacial score (nSPS) is 8.97. The summed E-state index contributed by atoms with van der Waals surface area (Å²) in [7, 11) is 0. The molecular weight excluding hydrogens is 809 g/mol. The topological polar surface area (TPSA) is 244 Å². The number of thiol groups is 1. The van der Waals surface area contributed by atoms with Crippen LogP contribution in [0.2, 0.25) is 0 Å². The van der Waals surface area contributed by atoms with Crippen LogP contribution >= 0.6 is 12.6 Å². The molecule has 0 aromatic heterocycles. The molecule has 0 atom stereocenters. The summed E-state index contributed by atoms with van der Waals surface area (Å²) < 4.78 is 0. The first kappa shape index (κ1) is 53.4. The van der Waals surface area contributed by atoms with E-state index in [2.05, 4.69) is 24.8 Å². The van der Waals surface area contributed by atoms with Crippen LogP contribution in [0.4, 0.5) is 0 Å². The van der Waals surface area contributed by atoms with E-state index in [4.69, 9.17) is 57.1 Å². The van der Waals surface area contributed by atoms with E-state index in [-0.39, 0.29) is 33.0 Å². The molecule has 0 aliphatic heterocycles. The zero-order valence-corrected chi connectivity index (χ0v) is 35.7. The van der Waals surface area contributed by atoms with Crippen molar-refractivity contribution in [2.45, 2.75) is 64.1 Å². The lowest BCUT2D eigenvalue weighted by Crippen LogP contribution is -1.91. The zero-order valence-electron chi connectivity index (χ0n) is 34.8. The Morgan fingerprint density at radius 2 is 0.873 bits per heavy atom. The Labute approximate surface area is 375 Å². The van der Waals surface area contributed by atoms with Gasteiger partial charge in [-0.1, -0.05) is 109 Å². The van der Waals surface area contributed by atoms with Crippen molar-refractivity contribution in [2.24, 2.45) is 0 Å². The van der Waals surface area contributed by atoms with Gasteiger partial charge in [-0.3, -0.25) is 0 Å². The van der Waals surface area contributed by atoms with Crippen molar-refractivity contribution in [3.63, 3.8) is 0 Å². The van der Waals surface area contributed by atoms with Gasteiger partial charge < -0.3 is 25.5 Å². The molecule has 0 aliphatic rings. The highest BCUT2D eigenvalue weighted by molar-refractivity contribution is 7.80. The van der Waals surface area contributed by atoms with Gasteiger partial charge in [0.1, 0.15) is 0 Å². The summed E-state index contributed by atoms with van der Waals surface area (Å²) in [4.78, 5) is 0.874. The van der Waals surface area contributed by atoms with Crippen molar-refractivity contribution >= 4 is 12.6 Å². The van der Waals surface area contributed by atoms with Gasteiger partial charge in [0.25, 0.3) is 0 Å². The molecule has 0 saturated carbocycles. The molecule has 0 fully saturated rings. The number of hydrogen-bond donors (Lipinski definition) is 6. The standard InChI is InChI=1S/3C9H9NO.2C8H7NO.C8H7NS/c10-6-5-8-1-3-9(7-11)4-2-8;10-5-4-8-2-1-3-9(6-8)7-11;10-6-5-8-3-1-2-4-9(8)7-11;9-5-7-2-1-3-8(4-7)6-10;9-5-7-3-1-2-4-8(7)6-10;1-6-2-3-7(5-9)4-8(6)10/h1-4,11H,5,7H2;1-3,6,11H,4,7H2;1-4,11H,5,7H2;2*1-4,10H,6H2;2-4,10H,1H3. The second kappa shape index (κ2) is 33.2. The van der Waals surface area contributed by atoms with Crippen LogP contribution < -0.4 is 0 Å². The molecule has 6 aromatic carbocycles. The lowest BCUT2D eigenvalue weighted by atomic mass is 10.1. The first-order valence-electron chi connectivity index (χ1n) is 19.1. The summed E-state index contributed by atoms with van der Waals surface area (Å²) in [6, 6.07) is 53.7. The fourth-order valence-electron chi connectivity index (χ4n) is 4.94. The van der Waals surface area contributed by atoms with Crippen LogP contribution in [0.15, 0.2) is 144 Å². The number of benzene rings is 6. The molecule has 0 unspecified atom stereocenters. The van der Waals surface area contributed by atoms with Gasteiger partial charge in [-0.2, -0.15) is 31.6 Å². The lowest BCUT2D eigenvalue weighted by Gasteiger charge is -2.00. The summed E-state index contributed by atoms with van der Waals surface area (Å²) in [5.41, 5.74) is 9.80. The Bertz CT molecular complexity index is 2540. The molecule has 0 amide bonds. The maximum absolute atomic E-state index is 8.84. The van der Waals surface area contributed by atoms with Gasteiger partial charge in [-0.25, -0.2) is 0 Å². The van der Waals surface area contributed by atoms with Crippen LogP contribution in [0.25, 0.3) is 0 Å². The first-order chi connectivity index (χ1) is 30.6. The minimum atomic E-state index is -0.0657. The van der Waals surface area contributed by atoms with E-state index in [0.717, 1.165) is 49.4 Å². The Hall–Kier alpha value is -7.59. The van der Waals surface area contributed by atoms with Crippen LogP contribution in [-0.4, -0.2) is 25.5 Å². The number of nitriles is 6. The average Bonchev–Trinajstić information content (AvgIpc) is 3.34. The summed E-state index contributed by atoms with van der Waals surface area (Å²) in [5, 5.41) is 94.1. The van der Waals surface area contributed by atoms with Crippen molar-refractivity contribution in [1.29, 1.82) is 31.6 Å². The molecule has 6 rings (SSSR count). The molecule has 318 valence electrons. The fourth-order valence-corrected chi connectivity index (χ4v) is 5.15. The molecule has 0 radical (unpaired) electrons. The van der Waals surface area contributed by atoms with E-state index in [1.165, 1.54) is 0 Å². The predicted molar refractivity (Wildman–Crippen MR) is 242 cm³/mol. The third kappa shape index (κ3) is 22.0. The van der Waals surface area contributed by atoms with Crippen molar-refractivity contribution in [3.8, 4) is 36.4 Å². The Morgan fingerprint density at radius 3 is 1.38 bits per heavy atom. The summed E-state index contributed by atoms with van der Waals surface area (Å²) >= 11 is 4.17. The van der Waals surface area contributed by atoms with E-state index in [9.17, 15) is 0 Å². The lowest BCUT2D eigenvalue weighted by molar-refractivity contribution is 0.280. The molecule has 63 heavy (non-hydrogen) atoms. The third-order valence-corrected chi connectivity index (χ3v) is 8.87. The van der Waals surface area contributed by atoms with Gasteiger partial charge in [0, 0.05) is 4.90 Å². The maximum atomic E-state index is 8.84. The van der Waals surface area contributed by atoms with E-state index >= 15 is 0 Å². The van der Waals surface area contributed by atoms with Gasteiger partial charge in [0.2, 0.25) is 0 Å². The van der Waals surface area contributed by atoms with Gasteiger partial charge in [-0.05, 0) is 87.3 Å². The highest BCUT2D eigenvalue weighted by Gasteiger charge is 1.99. The molecule has 12 heteroatoms. The second-order valence-electron chi connectivity index (χ2n) is 12.9. The molecule has 0 aliphatic carbocycles. The number of hydrogen-bond acceptors (Lipinski definition) is 12. The smallest absolute Gasteiger partial charge is 0.0995 e. The molecule has 0 bridgehead atoms. The number of aliphatic hydroxyl groups is 5. The van der Waals surface area contributed by atoms with Crippen molar-refractivity contribution in [3.05, 3.63) is 206 Å². The summed E-state index contributed by atoms with van der Waals surface area (Å²) in [6.45, 7) is 2.01.